The van der Waals surface area contributed by atoms with E-state index in [0.29, 0.717) is 24.8 Å². The van der Waals surface area contributed by atoms with E-state index in [9.17, 15) is 4.79 Å². The van der Waals surface area contributed by atoms with Crippen LogP contribution >= 0.6 is 12.4 Å². The van der Waals surface area contributed by atoms with Crippen LogP contribution in [-0.4, -0.2) is 34.7 Å². The first-order chi connectivity index (χ1) is 10.2. The Labute approximate surface area is 138 Å². The zero-order chi connectivity index (χ0) is 15.1. The van der Waals surface area contributed by atoms with Gasteiger partial charge in [-0.2, -0.15) is 4.98 Å². The van der Waals surface area contributed by atoms with Crippen LogP contribution < -0.4 is 10.6 Å². The van der Waals surface area contributed by atoms with Crippen LogP contribution in [0.2, 0.25) is 0 Å². The molecule has 1 aromatic heterocycles. The molecule has 2 N–H and O–H groups in total. The van der Waals surface area contributed by atoms with Crippen molar-refractivity contribution in [1.29, 1.82) is 0 Å². The average molecular weight is 331 g/mol. The third-order valence-electron chi connectivity index (χ3n) is 3.89. The highest BCUT2D eigenvalue weighted by Gasteiger charge is 2.22. The van der Waals surface area contributed by atoms with Crippen LogP contribution in [0.5, 0.6) is 0 Å². The maximum absolute atomic E-state index is 11.9. The summed E-state index contributed by atoms with van der Waals surface area (Å²) >= 11 is 0. The molecule has 1 aliphatic heterocycles. The van der Waals surface area contributed by atoms with Crippen molar-refractivity contribution in [3.63, 3.8) is 0 Å². The Balaban J connectivity index is 0.00000242. The molecular formula is C15H27ClN4O2. The number of aryl methyl sites for hydroxylation is 2. The van der Waals surface area contributed by atoms with Crippen LogP contribution in [0.25, 0.3) is 0 Å². The number of aromatic nitrogens is 2. The van der Waals surface area contributed by atoms with Gasteiger partial charge in [-0.3, -0.25) is 4.79 Å². The quantitative estimate of drug-likeness (QED) is 0.799. The van der Waals surface area contributed by atoms with Crippen LogP contribution in [0.1, 0.15) is 57.7 Å². The molecule has 126 valence electrons. The first kappa shape index (κ1) is 18.9. The van der Waals surface area contributed by atoms with Gasteiger partial charge in [0.1, 0.15) is 0 Å². The molecule has 1 aliphatic rings. The topological polar surface area (TPSA) is 80.0 Å². The van der Waals surface area contributed by atoms with Crippen LogP contribution in [-0.2, 0) is 17.6 Å². The minimum Gasteiger partial charge on any atom is -0.352 e. The molecule has 1 aromatic rings. The van der Waals surface area contributed by atoms with Gasteiger partial charge in [0, 0.05) is 31.3 Å². The van der Waals surface area contributed by atoms with Crippen LogP contribution in [0.3, 0.4) is 0 Å². The van der Waals surface area contributed by atoms with E-state index < -0.39 is 0 Å². The Hall–Kier alpha value is -1.14. The van der Waals surface area contributed by atoms with Gasteiger partial charge in [0.15, 0.2) is 5.82 Å². The first-order valence-electron chi connectivity index (χ1n) is 8.03. The van der Waals surface area contributed by atoms with Crippen LogP contribution in [0.4, 0.5) is 0 Å². The molecule has 6 nitrogen and oxygen atoms in total. The van der Waals surface area contributed by atoms with Gasteiger partial charge in [0.05, 0.1) is 0 Å². The Morgan fingerprint density at radius 3 is 3.00 bits per heavy atom. The average Bonchev–Trinajstić information content (AvgIpc) is 2.89. The monoisotopic (exact) mass is 330 g/mol. The van der Waals surface area contributed by atoms with Gasteiger partial charge in [-0.05, 0) is 39.2 Å². The lowest BCUT2D eigenvalue weighted by Crippen LogP contribution is -2.51. The molecule has 0 aliphatic carbocycles. The fraction of sp³-hybridized carbons (Fsp3) is 0.800. The fourth-order valence-electron chi connectivity index (χ4n) is 2.64. The van der Waals surface area contributed by atoms with Gasteiger partial charge in [0.2, 0.25) is 11.8 Å². The summed E-state index contributed by atoms with van der Waals surface area (Å²) in [5.74, 6) is 1.52. The van der Waals surface area contributed by atoms with E-state index in [-0.39, 0.29) is 24.4 Å². The Bertz CT molecular complexity index is 453. The van der Waals surface area contributed by atoms with Crippen molar-refractivity contribution in [2.45, 2.75) is 70.9 Å². The number of nitrogens with one attached hydrogen (secondary N) is 2. The molecule has 2 unspecified atom stereocenters. The highest BCUT2D eigenvalue weighted by atomic mass is 35.5. The van der Waals surface area contributed by atoms with E-state index in [1.54, 1.807) is 0 Å². The normalized spacial score (nSPS) is 21.2. The lowest BCUT2D eigenvalue weighted by molar-refractivity contribution is -0.122. The van der Waals surface area contributed by atoms with Gasteiger partial charge in [-0.15, -0.1) is 12.4 Å². The van der Waals surface area contributed by atoms with Crippen molar-refractivity contribution in [1.82, 2.24) is 20.8 Å². The van der Waals surface area contributed by atoms with Crippen molar-refractivity contribution in [3.05, 3.63) is 11.7 Å². The van der Waals surface area contributed by atoms with E-state index >= 15 is 0 Å². The highest BCUT2D eigenvalue weighted by Crippen LogP contribution is 2.09. The number of nitrogens with zero attached hydrogens (tertiary/aromatic N) is 2. The standard InChI is InChI=1S/C15H26N4O2.ClH/c1-3-6-13-18-15(21-19-13)9-4-8-14(20)17-12-7-5-10-16-11(12)2;/h11-12,16H,3-10H2,1-2H3,(H,17,20);1H. The SMILES string of the molecule is CCCc1noc(CCCC(=O)NC2CCCNC2C)n1.Cl. The molecule has 2 heterocycles. The second-order valence-corrected chi connectivity index (χ2v) is 5.77. The van der Waals surface area contributed by atoms with Crippen LogP contribution in [0, 0.1) is 0 Å². The predicted octanol–water partition coefficient (Wildman–Crippen LogP) is 2.02. The van der Waals surface area contributed by atoms with E-state index in [1.165, 1.54) is 0 Å². The molecule has 0 saturated carbocycles. The zero-order valence-electron chi connectivity index (χ0n) is 13.4. The number of piperidine rings is 1. The van der Waals surface area contributed by atoms with E-state index in [0.717, 1.165) is 44.5 Å². The Kier molecular flexibility index (Phi) is 8.42. The molecular weight excluding hydrogens is 304 g/mol. The van der Waals surface area contributed by atoms with Gasteiger partial charge in [0.25, 0.3) is 0 Å². The van der Waals surface area contributed by atoms with Crippen molar-refractivity contribution in [2.24, 2.45) is 0 Å². The van der Waals surface area contributed by atoms with Crippen molar-refractivity contribution in [3.8, 4) is 0 Å². The summed E-state index contributed by atoms with van der Waals surface area (Å²) in [6, 6.07) is 0.612. The fourth-order valence-corrected chi connectivity index (χ4v) is 2.64. The number of rotatable bonds is 7. The summed E-state index contributed by atoms with van der Waals surface area (Å²) in [4.78, 5) is 16.3. The molecule has 1 saturated heterocycles. The summed E-state index contributed by atoms with van der Waals surface area (Å²) in [5.41, 5.74) is 0. The van der Waals surface area contributed by atoms with Gasteiger partial charge in [-0.1, -0.05) is 12.1 Å². The summed E-state index contributed by atoms with van der Waals surface area (Å²) in [5, 5.41) is 10.4. The summed E-state index contributed by atoms with van der Waals surface area (Å²) in [6.45, 7) is 5.25. The van der Waals surface area contributed by atoms with Crippen LogP contribution in [0.15, 0.2) is 4.52 Å². The van der Waals surface area contributed by atoms with Crippen molar-refractivity contribution in [2.75, 3.05) is 6.54 Å². The lowest BCUT2D eigenvalue weighted by atomic mass is 9.99. The summed E-state index contributed by atoms with van der Waals surface area (Å²) < 4.78 is 5.16. The van der Waals surface area contributed by atoms with Gasteiger partial charge in [-0.25, -0.2) is 0 Å². The van der Waals surface area contributed by atoms with E-state index in [2.05, 4.69) is 34.6 Å². The molecule has 7 heteroatoms. The number of hydrogen-bond acceptors (Lipinski definition) is 5. The van der Waals surface area contributed by atoms with Crippen molar-refractivity contribution >= 4 is 18.3 Å². The smallest absolute Gasteiger partial charge is 0.226 e. The zero-order valence-corrected chi connectivity index (χ0v) is 14.2. The number of amides is 1. The molecule has 0 bridgehead atoms. The molecule has 0 radical (unpaired) electrons. The first-order valence-corrected chi connectivity index (χ1v) is 8.03. The molecule has 2 atom stereocenters. The molecule has 1 amide bonds. The summed E-state index contributed by atoms with van der Waals surface area (Å²) in [7, 11) is 0. The molecule has 0 spiro atoms. The van der Waals surface area contributed by atoms with Gasteiger partial charge >= 0.3 is 0 Å². The number of hydrogen-bond donors (Lipinski definition) is 2. The Morgan fingerprint density at radius 2 is 2.27 bits per heavy atom. The summed E-state index contributed by atoms with van der Waals surface area (Å²) in [6.07, 6.45) is 5.96. The second-order valence-electron chi connectivity index (χ2n) is 5.77. The number of halogens is 1. The van der Waals surface area contributed by atoms with E-state index in [1.807, 2.05) is 0 Å². The number of carbonyl (C=O) groups excluding carboxylic acids is 1. The maximum atomic E-state index is 11.9. The molecule has 0 aromatic carbocycles. The molecule has 2 rings (SSSR count). The maximum Gasteiger partial charge on any atom is 0.226 e. The third-order valence-corrected chi connectivity index (χ3v) is 3.89. The minimum atomic E-state index is 0. The molecule has 1 fully saturated rings. The third kappa shape index (κ3) is 5.93. The predicted molar refractivity (Wildman–Crippen MR) is 87.1 cm³/mol. The lowest BCUT2D eigenvalue weighted by Gasteiger charge is -2.30. The Morgan fingerprint density at radius 1 is 1.45 bits per heavy atom. The second kappa shape index (κ2) is 9.79. The highest BCUT2D eigenvalue weighted by molar-refractivity contribution is 5.85. The van der Waals surface area contributed by atoms with E-state index in [4.69, 9.17) is 4.52 Å². The number of carbonyl (C=O) groups is 1. The van der Waals surface area contributed by atoms with Crippen molar-refractivity contribution < 1.29 is 9.32 Å². The minimum absolute atomic E-state index is 0. The molecule has 22 heavy (non-hydrogen) atoms. The largest absolute Gasteiger partial charge is 0.352 e. The van der Waals surface area contributed by atoms with Gasteiger partial charge < -0.3 is 15.2 Å².